The smallest absolute Gasteiger partial charge is 0.111 e. The van der Waals surface area contributed by atoms with Crippen molar-refractivity contribution in [3.63, 3.8) is 0 Å². The van der Waals surface area contributed by atoms with Crippen LogP contribution in [0.2, 0.25) is 0 Å². The van der Waals surface area contributed by atoms with Gasteiger partial charge in [-0.2, -0.15) is 0 Å². The molecule has 1 aromatic heterocycles. The van der Waals surface area contributed by atoms with Crippen molar-refractivity contribution in [1.82, 2.24) is 14.9 Å². The van der Waals surface area contributed by atoms with E-state index in [2.05, 4.69) is 48.8 Å². The maximum atomic E-state index is 4.36. The average molecular weight is 209 g/mol. The van der Waals surface area contributed by atoms with E-state index in [1.165, 1.54) is 5.82 Å². The van der Waals surface area contributed by atoms with Crippen LogP contribution in [0.4, 0.5) is 0 Å². The summed E-state index contributed by atoms with van der Waals surface area (Å²) in [7, 11) is 0. The predicted octanol–water partition coefficient (Wildman–Crippen LogP) is 2.25. The molecule has 86 valence electrons. The molecule has 3 nitrogen and oxygen atoms in total. The fraction of sp³-hybridized carbons (Fsp3) is 0.750. The van der Waals surface area contributed by atoms with Crippen molar-refractivity contribution in [2.75, 3.05) is 13.1 Å². The minimum Gasteiger partial charge on any atom is -0.333 e. The molecule has 0 saturated carbocycles. The van der Waals surface area contributed by atoms with Crippen LogP contribution in [0.25, 0.3) is 0 Å². The molecule has 0 amide bonds. The topological polar surface area (TPSA) is 29.9 Å². The summed E-state index contributed by atoms with van der Waals surface area (Å²) in [5, 5.41) is 3.44. The summed E-state index contributed by atoms with van der Waals surface area (Å²) in [6.07, 6.45) is 3.95. The van der Waals surface area contributed by atoms with Gasteiger partial charge in [0, 0.05) is 31.4 Å². The average Bonchev–Trinajstić information content (AvgIpc) is 2.60. The zero-order valence-corrected chi connectivity index (χ0v) is 10.3. The molecule has 3 heteroatoms. The highest BCUT2D eigenvalue weighted by atomic mass is 15.1. The Balaban J connectivity index is 2.34. The van der Waals surface area contributed by atoms with Crippen LogP contribution in [0.3, 0.4) is 0 Å². The van der Waals surface area contributed by atoms with Gasteiger partial charge in [-0.1, -0.05) is 27.7 Å². The summed E-state index contributed by atoms with van der Waals surface area (Å²) in [5.41, 5.74) is 0. The first kappa shape index (κ1) is 12.2. The molecule has 1 aromatic rings. The normalized spacial score (nSPS) is 11.6. The fourth-order valence-corrected chi connectivity index (χ4v) is 1.60. The minimum absolute atomic E-state index is 0.505. The number of nitrogens with zero attached hydrogens (tertiary/aromatic N) is 2. The molecule has 0 aliphatic heterocycles. The SMILES string of the molecule is CC(C)CNCCn1ccnc1C(C)C. The van der Waals surface area contributed by atoms with Crippen LogP contribution in [0.15, 0.2) is 12.4 Å². The van der Waals surface area contributed by atoms with Gasteiger partial charge >= 0.3 is 0 Å². The summed E-state index contributed by atoms with van der Waals surface area (Å²) in [6.45, 7) is 11.9. The second-order valence-corrected chi connectivity index (χ2v) is 4.73. The lowest BCUT2D eigenvalue weighted by Crippen LogP contribution is -2.24. The van der Waals surface area contributed by atoms with Crippen molar-refractivity contribution in [1.29, 1.82) is 0 Å². The lowest BCUT2D eigenvalue weighted by atomic mass is 10.2. The largest absolute Gasteiger partial charge is 0.333 e. The first-order valence-corrected chi connectivity index (χ1v) is 5.83. The lowest BCUT2D eigenvalue weighted by molar-refractivity contribution is 0.513. The Morgan fingerprint density at radius 1 is 1.33 bits per heavy atom. The highest BCUT2D eigenvalue weighted by Crippen LogP contribution is 2.10. The third kappa shape index (κ3) is 4.04. The molecule has 1 rings (SSSR count). The van der Waals surface area contributed by atoms with Gasteiger partial charge in [0.05, 0.1) is 0 Å². The van der Waals surface area contributed by atoms with Crippen molar-refractivity contribution < 1.29 is 0 Å². The van der Waals surface area contributed by atoms with E-state index in [0.717, 1.165) is 25.6 Å². The predicted molar refractivity (Wildman–Crippen MR) is 64.0 cm³/mol. The van der Waals surface area contributed by atoms with Gasteiger partial charge in [-0.05, 0) is 12.5 Å². The van der Waals surface area contributed by atoms with Crippen LogP contribution in [-0.2, 0) is 6.54 Å². The van der Waals surface area contributed by atoms with Gasteiger partial charge in [-0.3, -0.25) is 0 Å². The van der Waals surface area contributed by atoms with Crippen molar-refractivity contribution in [2.45, 2.75) is 40.2 Å². The minimum atomic E-state index is 0.505. The summed E-state index contributed by atoms with van der Waals surface area (Å²) in [5.74, 6) is 2.41. The molecule has 0 spiro atoms. The summed E-state index contributed by atoms with van der Waals surface area (Å²) >= 11 is 0. The van der Waals surface area contributed by atoms with Crippen LogP contribution < -0.4 is 5.32 Å². The Morgan fingerprint density at radius 3 is 2.67 bits per heavy atom. The zero-order valence-electron chi connectivity index (χ0n) is 10.3. The van der Waals surface area contributed by atoms with Gasteiger partial charge in [-0.15, -0.1) is 0 Å². The molecule has 15 heavy (non-hydrogen) atoms. The molecule has 0 fully saturated rings. The molecule has 0 aliphatic rings. The summed E-state index contributed by atoms with van der Waals surface area (Å²) in [6, 6.07) is 0. The number of hydrogen-bond donors (Lipinski definition) is 1. The van der Waals surface area contributed by atoms with Crippen molar-refractivity contribution in [2.24, 2.45) is 5.92 Å². The number of nitrogens with one attached hydrogen (secondary N) is 1. The maximum Gasteiger partial charge on any atom is 0.111 e. The van der Waals surface area contributed by atoms with Crippen LogP contribution in [0.5, 0.6) is 0 Å². The van der Waals surface area contributed by atoms with E-state index in [0.29, 0.717) is 5.92 Å². The Kier molecular flexibility index (Phi) is 4.82. The first-order chi connectivity index (χ1) is 7.11. The van der Waals surface area contributed by atoms with Crippen LogP contribution in [0.1, 0.15) is 39.4 Å². The number of hydrogen-bond acceptors (Lipinski definition) is 2. The standard InChI is InChI=1S/C12H23N3/c1-10(2)9-13-5-7-15-8-6-14-12(15)11(3)4/h6,8,10-11,13H,5,7,9H2,1-4H3. The number of aromatic nitrogens is 2. The van der Waals surface area contributed by atoms with Crippen molar-refractivity contribution in [3.8, 4) is 0 Å². The van der Waals surface area contributed by atoms with Gasteiger partial charge in [0.15, 0.2) is 0 Å². The Labute approximate surface area is 92.9 Å². The van der Waals surface area contributed by atoms with Crippen molar-refractivity contribution in [3.05, 3.63) is 18.2 Å². The van der Waals surface area contributed by atoms with E-state index >= 15 is 0 Å². The molecule has 0 aliphatic carbocycles. The molecule has 1 heterocycles. The zero-order chi connectivity index (χ0) is 11.3. The van der Waals surface area contributed by atoms with Crippen LogP contribution in [-0.4, -0.2) is 22.6 Å². The van der Waals surface area contributed by atoms with E-state index in [-0.39, 0.29) is 0 Å². The maximum absolute atomic E-state index is 4.36. The van der Waals surface area contributed by atoms with Gasteiger partial charge in [0.2, 0.25) is 0 Å². The third-order valence-electron chi connectivity index (χ3n) is 2.35. The molecule has 0 aromatic carbocycles. The summed E-state index contributed by atoms with van der Waals surface area (Å²) < 4.78 is 2.23. The Hall–Kier alpha value is -0.830. The van der Waals surface area contributed by atoms with Gasteiger partial charge in [0.1, 0.15) is 5.82 Å². The van der Waals surface area contributed by atoms with Crippen LogP contribution >= 0.6 is 0 Å². The Morgan fingerprint density at radius 2 is 2.07 bits per heavy atom. The van der Waals surface area contributed by atoms with E-state index in [4.69, 9.17) is 0 Å². The van der Waals surface area contributed by atoms with E-state index in [9.17, 15) is 0 Å². The van der Waals surface area contributed by atoms with E-state index < -0.39 is 0 Å². The molecule has 0 saturated heterocycles. The molecule has 0 radical (unpaired) electrons. The fourth-order valence-electron chi connectivity index (χ4n) is 1.60. The Bertz CT molecular complexity index is 276. The first-order valence-electron chi connectivity index (χ1n) is 5.83. The highest BCUT2D eigenvalue weighted by Gasteiger charge is 2.05. The number of rotatable bonds is 6. The van der Waals surface area contributed by atoms with Crippen molar-refractivity contribution >= 4 is 0 Å². The summed E-state index contributed by atoms with van der Waals surface area (Å²) in [4.78, 5) is 4.36. The van der Waals surface area contributed by atoms with Gasteiger partial charge in [-0.25, -0.2) is 4.98 Å². The van der Waals surface area contributed by atoms with Crippen LogP contribution in [0, 0.1) is 5.92 Å². The monoisotopic (exact) mass is 209 g/mol. The molecule has 1 N–H and O–H groups in total. The van der Waals surface area contributed by atoms with E-state index in [1.54, 1.807) is 0 Å². The van der Waals surface area contributed by atoms with E-state index in [1.807, 2.05) is 6.20 Å². The lowest BCUT2D eigenvalue weighted by Gasteiger charge is -2.11. The number of imidazole rings is 1. The second-order valence-electron chi connectivity index (χ2n) is 4.73. The second kappa shape index (κ2) is 5.91. The highest BCUT2D eigenvalue weighted by molar-refractivity contribution is 4.97. The van der Waals surface area contributed by atoms with Gasteiger partial charge < -0.3 is 9.88 Å². The quantitative estimate of drug-likeness (QED) is 0.728. The molecular weight excluding hydrogens is 186 g/mol. The molecule has 0 bridgehead atoms. The molecular formula is C12H23N3. The van der Waals surface area contributed by atoms with Gasteiger partial charge in [0.25, 0.3) is 0 Å². The molecule has 0 atom stereocenters. The third-order valence-corrected chi connectivity index (χ3v) is 2.35. The molecule has 0 unspecified atom stereocenters.